The number of nitrogens with zero attached hydrogens (tertiary/aromatic N) is 6. The lowest BCUT2D eigenvalue weighted by atomic mass is 10.2. The highest BCUT2D eigenvalue weighted by Crippen LogP contribution is 2.26. The van der Waals surface area contributed by atoms with E-state index in [-0.39, 0.29) is 0 Å². The Morgan fingerprint density at radius 2 is 2.17 bits per heavy atom. The van der Waals surface area contributed by atoms with Crippen molar-refractivity contribution in [1.29, 1.82) is 0 Å². The molecule has 1 aliphatic carbocycles. The third kappa shape index (κ3) is 2.12. The molecule has 0 saturated heterocycles. The summed E-state index contributed by atoms with van der Waals surface area (Å²) in [5.41, 5.74) is 0.663. The van der Waals surface area contributed by atoms with Crippen LogP contribution in [0.4, 0.5) is 5.82 Å². The summed E-state index contributed by atoms with van der Waals surface area (Å²) in [5.74, 6) is 1.51. The van der Waals surface area contributed by atoms with Crippen LogP contribution < -0.4 is 4.90 Å². The number of tetrazole rings is 1. The van der Waals surface area contributed by atoms with Crippen LogP contribution in [0.25, 0.3) is 5.65 Å². The summed E-state index contributed by atoms with van der Waals surface area (Å²) in [6.07, 6.45) is 5.01. The van der Waals surface area contributed by atoms with Crippen LogP contribution in [0.2, 0.25) is 0 Å². The summed E-state index contributed by atoms with van der Waals surface area (Å²) >= 11 is 5.91. The van der Waals surface area contributed by atoms with E-state index in [0.29, 0.717) is 17.6 Å². The summed E-state index contributed by atoms with van der Waals surface area (Å²) in [7, 11) is 0. The van der Waals surface area contributed by atoms with Crippen molar-refractivity contribution < 1.29 is 0 Å². The van der Waals surface area contributed by atoms with Crippen molar-refractivity contribution in [2.75, 3.05) is 17.3 Å². The summed E-state index contributed by atoms with van der Waals surface area (Å²) in [5, 5.41) is 15.7. The molecule has 18 heavy (non-hydrogen) atoms. The maximum Gasteiger partial charge on any atom is 0.200 e. The minimum Gasteiger partial charge on any atom is -0.351 e. The van der Waals surface area contributed by atoms with E-state index in [4.69, 9.17) is 11.6 Å². The van der Waals surface area contributed by atoms with Gasteiger partial charge in [-0.25, -0.2) is 0 Å². The van der Waals surface area contributed by atoms with E-state index in [9.17, 15) is 0 Å². The first-order chi connectivity index (χ1) is 8.88. The number of halogens is 1. The Bertz CT molecular complexity index is 521. The number of hydrogen-bond acceptors (Lipinski definition) is 5. The van der Waals surface area contributed by atoms with Gasteiger partial charge in [-0.05, 0) is 35.4 Å². The zero-order valence-corrected chi connectivity index (χ0v) is 10.8. The topological polar surface area (TPSA) is 59.2 Å². The number of aromatic nitrogens is 5. The van der Waals surface area contributed by atoms with Crippen LogP contribution in [-0.4, -0.2) is 43.7 Å². The molecule has 0 aromatic carbocycles. The molecule has 2 aromatic heterocycles. The summed E-state index contributed by atoms with van der Waals surface area (Å²) in [6, 6.07) is 4.40. The normalized spacial score (nSPS) is 16.5. The first kappa shape index (κ1) is 11.6. The van der Waals surface area contributed by atoms with Crippen LogP contribution >= 0.6 is 11.6 Å². The molecule has 2 heterocycles. The number of rotatable bonds is 4. The molecule has 0 bridgehead atoms. The molecule has 0 spiro atoms. The molecule has 0 N–H and O–H groups in total. The quantitative estimate of drug-likeness (QED) is 0.785. The molecule has 1 saturated carbocycles. The lowest BCUT2D eigenvalue weighted by Crippen LogP contribution is -2.35. The number of alkyl halides is 1. The molecular weight excluding hydrogens is 252 g/mol. The highest BCUT2D eigenvalue weighted by atomic mass is 35.5. The van der Waals surface area contributed by atoms with E-state index in [2.05, 4.69) is 25.5 Å². The monoisotopic (exact) mass is 266 g/mol. The summed E-state index contributed by atoms with van der Waals surface area (Å²) in [4.78, 5) is 2.28. The highest BCUT2D eigenvalue weighted by molar-refractivity contribution is 6.18. The standard InChI is InChI=1S/C11H15ClN6/c12-7-8-17(9-3-1-2-4-9)11-6-5-10-13-15-16-18(10)14-11/h5-6,9H,1-4,7-8H2. The molecule has 7 heteroatoms. The van der Waals surface area contributed by atoms with E-state index in [0.717, 1.165) is 12.4 Å². The van der Waals surface area contributed by atoms with Crippen LogP contribution in [0.1, 0.15) is 25.7 Å². The average molecular weight is 267 g/mol. The molecule has 2 aromatic rings. The molecule has 6 nitrogen and oxygen atoms in total. The van der Waals surface area contributed by atoms with E-state index in [1.807, 2.05) is 12.1 Å². The van der Waals surface area contributed by atoms with Crippen LogP contribution in [0.15, 0.2) is 12.1 Å². The second-order valence-corrected chi connectivity index (χ2v) is 4.92. The van der Waals surface area contributed by atoms with Crippen molar-refractivity contribution >= 4 is 23.1 Å². The highest BCUT2D eigenvalue weighted by Gasteiger charge is 2.23. The van der Waals surface area contributed by atoms with Gasteiger partial charge in [0.25, 0.3) is 0 Å². The van der Waals surface area contributed by atoms with Crippen LogP contribution in [0.3, 0.4) is 0 Å². The number of anilines is 1. The maximum atomic E-state index is 5.91. The largest absolute Gasteiger partial charge is 0.351 e. The second-order valence-electron chi connectivity index (χ2n) is 4.54. The predicted molar refractivity (Wildman–Crippen MR) is 68.9 cm³/mol. The number of hydrogen-bond donors (Lipinski definition) is 0. The van der Waals surface area contributed by atoms with Gasteiger partial charge in [0.15, 0.2) is 11.5 Å². The minimum absolute atomic E-state index is 0.546. The third-order valence-corrected chi connectivity index (χ3v) is 3.61. The maximum absolute atomic E-state index is 5.91. The first-order valence-corrected chi connectivity index (χ1v) is 6.80. The van der Waals surface area contributed by atoms with Gasteiger partial charge in [-0.15, -0.1) is 26.4 Å². The molecule has 0 aliphatic heterocycles. The Hall–Kier alpha value is -1.43. The Labute approximate surface area is 110 Å². The molecule has 0 radical (unpaired) electrons. The molecule has 0 unspecified atom stereocenters. The number of fused-ring (bicyclic) bond motifs is 1. The van der Waals surface area contributed by atoms with Crippen molar-refractivity contribution in [2.45, 2.75) is 31.7 Å². The zero-order valence-electron chi connectivity index (χ0n) is 10.0. The van der Waals surface area contributed by atoms with Crippen molar-refractivity contribution in [1.82, 2.24) is 25.3 Å². The van der Waals surface area contributed by atoms with E-state index < -0.39 is 0 Å². The third-order valence-electron chi connectivity index (χ3n) is 3.44. The predicted octanol–water partition coefficient (Wildman–Crippen LogP) is 1.51. The van der Waals surface area contributed by atoms with Crippen molar-refractivity contribution in [3.05, 3.63) is 12.1 Å². The van der Waals surface area contributed by atoms with Gasteiger partial charge in [-0.3, -0.25) is 0 Å². The van der Waals surface area contributed by atoms with Crippen molar-refractivity contribution in [3.8, 4) is 0 Å². The van der Waals surface area contributed by atoms with E-state index in [1.165, 1.54) is 30.3 Å². The zero-order chi connectivity index (χ0) is 12.4. The fourth-order valence-corrected chi connectivity index (χ4v) is 2.77. The molecule has 0 amide bonds. The molecule has 1 fully saturated rings. The van der Waals surface area contributed by atoms with Crippen molar-refractivity contribution in [2.24, 2.45) is 0 Å². The van der Waals surface area contributed by atoms with Gasteiger partial charge in [0.05, 0.1) is 0 Å². The van der Waals surface area contributed by atoms with Crippen LogP contribution in [0, 0.1) is 0 Å². The lowest BCUT2D eigenvalue weighted by Gasteiger charge is -2.28. The minimum atomic E-state index is 0.546. The Morgan fingerprint density at radius 1 is 1.33 bits per heavy atom. The van der Waals surface area contributed by atoms with Gasteiger partial charge in [-0.1, -0.05) is 12.8 Å². The summed E-state index contributed by atoms with van der Waals surface area (Å²) < 4.78 is 1.46. The Balaban J connectivity index is 1.92. The van der Waals surface area contributed by atoms with Gasteiger partial charge < -0.3 is 4.90 Å². The van der Waals surface area contributed by atoms with E-state index in [1.54, 1.807) is 0 Å². The van der Waals surface area contributed by atoms with Gasteiger partial charge in [-0.2, -0.15) is 0 Å². The van der Waals surface area contributed by atoms with Crippen LogP contribution in [0.5, 0.6) is 0 Å². The van der Waals surface area contributed by atoms with Gasteiger partial charge in [0.2, 0.25) is 0 Å². The Kier molecular flexibility index (Phi) is 3.27. The fraction of sp³-hybridized carbons (Fsp3) is 0.636. The molecule has 96 valence electrons. The average Bonchev–Trinajstić information content (AvgIpc) is 3.05. The smallest absolute Gasteiger partial charge is 0.200 e. The van der Waals surface area contributed by atoms with E-state index >= 15 is 0 Å². The molecule has 0 atom stereocenters. The lowest BCUT2D eigenvalue weighted by molar-refractivity contribution is 0.602. The Morgan fingerprint density at radius 3 is 2.94 bits per heavy atom. The summed E-state index contributed by atoms with van der Waals surface area (Å²) in [6.45, 7) is 0.812. The SMILES string of the molecule is ClCCN(c1ccc2nnnn2n1)C1CCCC1. The first-order valence-electron chi connectivity index (χ1n) is 6.26. The fourth-order valence-electron chi connectivity index (χ4n) is 2.58. The molecule has 1 aliphatic rings. The molecular formula is C11H15ClN6. The van der Waals surface area contributed by atoms with Gasteiger partial charge >= 0.3 is 0 Å². The molecule has 3 rings (SSSR count). The van der Waals surface area contributed by atoms with Crippen molar-refractivity contribution in [3.63, 3.8) is 0 Å². The second kappa shape index (κ2) is 5.06. The van der Waals surface area contributed by atoms with Crippen LogP contribution in [-0.2, 0) is 0 Å². The van der Waals surface area contributed by atoms with Gasteiger partial charge in [0, 0.05) is 18.5 Å². The van der Waals surface area contributed by atoms with Gasteiger partial charge in [0.1, 0.15) is 0 Å².